The van der Waals surface area contributed by atoms with Crippen LogP contribution in [-0.4, -0.2) is 218 Å². The van der Waals surface area contributed by atoms with Crippen molar-refractivity contribution in [3.8, 4) is 0 Å². The molecule has 26 atom stereocenters. The van der Waals surface area contributed by atoms with Crippen molar-refractivity contribution in [2.45, 2.75) is 370 Å². The van der Waals surface area contributed by atoms with Gasteiger partial charge in [0.05, 0.1) is 42.5 Å². The topological polar surface area (TPSA) is 333 Å². The molecular formula is C62H108O24. The Morgan fingerprint density at radius 1 is 0.453 bits per heavy atom. The van der Waals surface area contributed by atoms with Crippen molar-refractivity contribution in [3.05, 3.63) is 0 Å². The molecule has 6 aliphatic rings. The molecule has 0 amide bonds. The van der Waals surface area contributed by atoms with Crippen molar-refractivity contribution < 1.29 is 117 Å². The van der Waals surface area contributed by atoms with E-state index in [9.17, 15) is 55.2 Å². The van der Waals surface area contributed by atoms with Crippen molar-refractivity contribution in [2.75, 3.05) is 0 Å². The van der Waals surface area contributed by atoms with Gasteiger partial charge in [0.15, 0.2) is 49.8 Å². The predicted octanol–water partition coefficient (Wildman–Crippen LogP) is 4.94. The van der Waals surface area contributed by atoms with Gasteiger partial charge in [-0.1, -0.05) is 137 Å². The molecule has 24 nitrogen and oxygen atoms in total. The summed E-state index contributed by atoms with van der Waals surface area (Å²) < 4.78 is 81.9. The molecule has 500 valence electrons. The average Bonchev–Trinajstić information content (AvgIpc) is 1.54. The van der Waals surface area contributed by atoms with E-state index in [1.165, 1.54) is 46.5 Å². The summed E-state index contributed by atoms with van der Waals surface area (Å²) in [5.41, 5.74) is 0. The first-order valence-corrected chi connectivity index (χ1v) is 32.6. The van der Waals surface area contributed by atoms with Gasteiger partial charge in [0.2, 0.25) is 0 Å². The Bertz CT molecular complexity index is 1970. The standard InChI is InChI=1S/C62H108O24/c1-10-12-14-15-16-17-20-23-27-31-40(63)80-50-36(7)76-59(48(71)46(50)69)83-52-38(9)78-62(56(82-57(73)33(3)4)55(52)86-58-47(70)44(67)42(65)34(5)74-58)84-51-37(8)77-60-49(72)53(51)81-41(64)32-28-24-21-18-19-22-26-30-39(29-25-13-11-2)79-61-54(85-60)45(68)43(66)35(6)75-61/h33-39,42-56,58-62,65-72H,10-32H2,1-9H3. The number of ether oxygens (including phenoxy) is 13. The normalized spacial score (nSPS) is 41.7. The Kier molecular flexibility index (Phi) is 30.5. The van der Waals surface area contributed by atoms with E-state index in [1.807, 2.05) is 0 Å². The van der Waals surface area contributed by atoms with E-state index < -0.39 is 177 Å². The highest BCUT2D eigenvalue weighted by atomic mass is 16.8. The van der Waals surface area contributed by atoms with E-state index >= 15 is 0 Å². The van der Waals surface area contributed by atoms with Gasteiger partial charge in [0.1, 0.15) is 73.2 Å². The number of aliphatic hydroxyl groups is 8. The minimum Gasteiger partial charge on any atom is -0.457 e. The van der Waals surface area contributed by atoms with Gasteiger partial charge in [-0.3, -0.25) is 14.4 Å². The molecule has 0 aliphatic carbocycles. The Hall–Kier alpha value is -2.31. The van der Waals surface area contributed by atoms with Crippen molar-refractivity contribution in [1.82, 2.24) is 0 Å². The summed E-state index contributed by atoms with van der Waals surface area (Å²) in [6.07, 6.45) is -18.6. The van der Waals surface area contributed by atoms with Crippen LogP contribution in [0, 0.1) is 5.92 Å². The molecule has 2 bridgehead atoms. The van der Waals surface area contributed by atoms with Crippen molar-refractivity contribution in [3.63, 3.8) is 0 Å². The summed E-state index contributed by atoms with van der Waals surface area (Å²) in [6, 6.07) is 0. The number of fused-ring (bicyclic) bond motifs is 3. The zero-order valence-corrected chi connectivity index (χ0v) is 52.5. The fourth-order valence-corrected chi connectivity index (χ4v) is 12.1. The first-order valence-electron chi connectivity index (χ1n) is 32.6. The highest BCUT2D eigenvalue weighted by Crippen LogP contribution is 2.39. The Morgan fingerprint density at radius 2 is 0.965 bits per heavy atom. The minimum atomic E-state index is -1.91. The average molecular weight is 1240 g/mol. The second kappa shape index (κ2) is 36.1. The molecule has 8 N–H and O–H groups in total. The largest absolute Gasteiger partial charge is 0.457 e. The van der Waals surface area contributed by atoms with Gasteiger partial charge in [0, 0.05) is 12.8 Å². The Balaban J connectivity index is 1.28. The van der Waals surface area contributed by atoms with Gasteiger partial charge in [0.25, 0.3) is 0 Å². The third-order valence-electron chi connectivity index (χ3n) is 17.6. The molecule has 0 spiro atoms. The Labute approximate surface area is 508 Å². The number of carbonyl (C=O) groups is 3. The highest BCUT2D eigenvalue weighted by Gasteiger charge is 2.59. The lowest BCUT2D eigenvalue weighted by Gasteiger charge is -2.51. The molecule has 86 heavy (non-hydrogen) atoms. The van der Waals surface area contributed by atoms with Crippen LogP contribution in [-0.2, 0) is 76.0 Å². The molecule has 26 unspecified atom stereocenters. The summed E-state index contributed by atoms with van der Waals surface area (Å²) >= 11 is 0. The van der Waals surface area contributed by atoms with Crippen LogP contribution >= 0.6 is 0 Å². The van der Waals surface area contributed by atoms with Crippen LogP contribution < -0.4 is 0 Å². The number of hydrogen-bond donors (Lipinski definition) is 8. The molecule has 0 aromatic rings. The van der Waals surface area contributed by atoms with E-state index in [-0.39, 0.29) is 18.9 Å². The summed E-state index contributed by atoms with van der Waals surface area (Å²) in [6.45, 7) is 15.0. The van der Waals surface area contributed by atoms with E-state index in [0.29, 0.717) is 19.3 Å². The number of rotatable bonds is 23. The third-order valence-corrected chi connectivity index (χ3v) is 17.6. The second-order valence-corrected chi connectivity index (χ2v) is 25.2. The first-order chi connectivity index (χ1) is 41.1. The maximum Gasteiger partial charge on any atom is 0.308 e. The van der Waals surface area contributed by atoms with Crippen LogP contribution in [0.5, 0.6) is 0 Å². The molecule has 6 heterocycles. The van der Waals surface area contributed by atoms with E-state index in [4.69, 9.17) is 61.6 Å². The van der Waals surface area contributed by atoms with Gasteiger partial charge >= 0.3 is 17.9 Å². The molecule has 0 aromatic carbocycles. The van der Waals surface area contributed by atoms with Gasteiger partial charge in [-0.15, -0.1) is 0 Å². The fraction of sp³-hybridized carbons (Fsp3) is 0.952. The molecule has 6 saturated heterocycles. The van der Waals surface area contributed by atoms with Gasteiger partial charge < -0.3 is 102 Å². The zero-order valence-electron chi connectivity index (χ0n) is 52.5. The highest BCUT2D eigenvalue weighted by molar-refractivity contribution is 5.72. The van der Waals surface area contributed by atoms with Gasteiger partial charge in [-0.05, 0) is 60.3 Å². The summed E-state index contributed by atoms with van der Waals surface area (Å²) in [5, 5.41) is 91.5. The van der Waals surface area contributed by atoms with Crippen LogP contribution in [0.25, 0.3) is 0 Å². The Morgan fingerprint density at radius 3 is 1.63 bits per heavy atom. The molecule has 0 saturated carbocycles. The van der Waals surface area contributed by atoms with Gasteiger partial charge in [-0.25, -0.2) is 0 Å². The second-order valence-electron chi connectivity index (χ2n) is 25.2. The quantitative estimate of drug-likeness (QED) is 0.0381. The van der Waals surface area contributed by atoms with Gasteiger partial charge in [-0.2, -0.15) is 0 Å². The van der Waals surface area contributed by atoms with E-state index in [1.54, 1.807) is 27.7 Å². The van der Waals surface area contributed by atoms with Crippen LogP contribution in [0.4, 0.5) is 0 Å². The number of hydrogen-bond acceptors (Lipinski definition) is 24. The maximum atomic E-state index is 13.9. The van der Waals surface area contributed by atoms with Crippen LogP contribution in [0.3, 0.4) is 0 Å². The van der Waals surface area contributed by atoms with Crippen molar-refractivity contribution in [1.29, 1.82) is 0 Å². The molecule has 6 aliphatic heterocycles. The number of unbranched alkanes of at least 4 members (excludes halogenated alkanes) is 10. The molecule has 24 heteroatoms. The van der Waals surface area contributed by atoms with E-state index in [0.717, 1.165) is 89.9 Å². The number of aliphatic hydroxyl groups excluding tert-OH is 8. The molecular weight excluding hydrogens is 1130 g/mol. The SMILES string of the molecule is CCCCCCCCCCCC(=O)OC1C(C)OC(OC2C(C)OC(OC3C(C)OC4OC5C(OC(CCCCC)CCCCCCCCCC(=O)OC3C4O)OC(C)C(O)C5O)C(OC(=O)C(C)C)C2OC2OC(C)C(O)C(O)C2O)C(O)C1O. The first kappa shape index (κ1) is 72.7. The van der Waals surface area contributed by atoms with Crippen molar-refractivity contribution in [2.24, 2.45) is 5.92 Å². The molecule has 0 radical (unpaired) electrons. The minimum absolute atomic E-state index is 0.0283. The summed E-state index contributed by atoms with van der Waals surface area (Å²) in [7, 11) is 0. The lowest BCUT2D eigenvalue weighted by atomic mass is 9.95. The smallest absolute Gasteiger partial charge is 0.308 e. The zero-order chi connectivity index (χ0) is 62.8. The van der Waals surface area contributed by atoms with Crippen LogP contribution in [0.1, 0.15) is 210 Å². The third kappa shape index (κ3) is 20.3. The summed E-state index contributed by atoms with van der Waals surface area (Å²) in [5.74, 6) is -2.88. The molecule has 6 fully saturated rings. The predicted molar refractivity (Wildman–Crippen MR) is 306 cm³/mol. The van der Waals surface area contributed by atoms with Crippen molar-refractivity contribution >= 4 is 17.9 Å². The lowest BCUT2D eigenvalue weighted by Crippen LogP contribution is -2.68. The molecule has 0 aromatic heterocycles. The van der Waals surface area contributed by atoms with Crippen LogP contribution in [0.2, 0.25) is 0 Å². The number of esters is 3. The fourth-order valence-electron chi connectivity index (χ4n) is 12.1. The lowest BCUT2D eigenvalue weighted by molar-refractivity contribution is -0.399. The van der Waals surface area contributed by atoms with E-state index in [2.05, 4.69) is 13.8 Å². The number of carbonyl (C=O) groups excluding carboxylic acids is 3. The maximum absolute atomic E-state index is 13.9. The summed E-state index contributed by atoms with van der Waals surface area (Å²) in [4.78, 5) is 41.0. The monoisotopic (exact) mass is 1240 g/mol. The molecule has 6 rings (SSSR count). The van der Waals surface area contributed by atoms with Crippen LogP contribution in [0.15, 0.2) is 0 Å².